The molecule has 0 aromatic heterocycles. The first-order valence-electron chi connectivity index (χ1n) is 6.44. The first kappa shape index (κ1) is 13.4. The summed E-state index contributed by atoms with van der Waals surface area (Å²) in [6.07, 6.45) is 1.79. The molecule has 4 heteroatoms. The average molecular weight is 255 g/mol. The summed E-state index contributed by atoms with van der Waals surface area (Å²) in [6.45, 7) is 4.91. The Labute approximate surface area is 106 Å². The molecule has 2 atom stereocenters. The van der Waals surface area contributed by atoms with E-state index in [0.29, 0.717) is 24.3 Å². The van der Waals surface area contributed by atoms with Crippen molar-refractivity contribution in [2.24, 2.45) is 0 Å². The van der Waals surface area contributed by atoms with Gasteiger partial charge in [0.15, 0.2) is 0 Å². The Balaban J connectivity index is 2.32. The van der Waals surface area contributed by atoms with Crippen LogP contribution in [0.15, 0.2) is 12.1 Å². The molecule has 2 unspecified atom stereocenters. The van der Waals surface area contributed by atoms with Crippen LogP contribution in [0.2, 0.25) is 0 Å². The fourth-order valence-corrected chi connectivity index (χ4v) is 2.43. The summed E-state index contributed by atoms with van der Waals surface area (Å²) in [5.41, 5.74) is 0.700. The maximum atomic E-state index is 14.0. The van der Waals surface area contributed by atoms with Gasteiger partial charge in [0.2, 0.25) is 0 Å². The molecule has 0 radical (unpaired) electrons. The monoisotopic (exact) mass is 255 g/mol. The van der Waals surface area contributed by atoms with Crippen molar-refractivity contribution in [1.29, 1.82) is 0 Å². The minimum atomic E-state index is -0.368. The summed E-state index contributed by atoms with van der Waals surface area (Å²) in [6, 6.07) is 2.27. The first-order valence-corrected chi connectivity index (χ1v) is 6.44. The molecule has 1 aliphatic rings. The molecule has 0 bridgehead atoms. The number of likely N-dealkylation sites (N-methyl/N-ethyl adjacent to an activating group) is 1. The molecular weight excluding hydrogens is 236 g/mol. The lowest BCUT2D eigenvalue weighted by atomic mass is 9.97. The maximum absolute atomic E-state index is 14.0. The van der Waals surface area contributed by atoms with Crippen molar-refractivity contribution in [2.45, 2.75) is 38.8 Å². The van der Waals surface area contributed by atoms with Crippen LogP contribution >= 0.6 is 0 Å². The van der Waals surface area contributed by atoms with Gasteiger partial charge >= 0.3 is 0 Å². The van der Waals surface area contributed by atoms with Gasteiger partial charge in [0.25, 0.3) is 0 Å². The second-order valence-corrected chi connectivity index (χ2v) is 4.71. The van der Waals surface area contributed by atoms with E-state index in [0.717, 1.165) is 12.8 Å². The predicted octanol–water partition coefficient (Wildman–Crippen LogP) is 3.10. The van der Waals surface area contributed by atoms with E-state index in [9.17, 15) is 8.78 Å². The summed E-state index contributed by atoms with van der Waals surface area (Å²) in [5.74, 6) is -0.734. The van der Waals surface area contributed by atoms with Crippen LogP contribution in [0.25, 0.3) is 0 Å². The standard InChI is InChI=1S/C14H19F2NO/c1-3-17-14(13-5-4-6-18-13)10-8-11(15)9(2)7-12(10)16/h7-8,13-14,17H,3-6H2,1-2H3. The van der Waals surface area contributed by atoms with Crippen LogP contribution in [-0.4, -0.2) is 19.3 Å². The van der Waals surface area contributed by atoms with Crippen molar-refractivity contribution in [2.75, 3.05) is 13.2 Å². The van der Waals surface area contributed by atoms with Crippen LogP contribution in [-0.2, 0) is 4.74 Å². The van der Waals surface area contributed by atoms with Crippen molar-refractivity contribution in [3.63, 3.8) is 0 Å². The molecule has 0 spiro atoms. The van der Waals surface area contributed by atoms with Crippen molar-refractivity contribution < 1.29 is 13.5 Å². The average Bonchev–Trinajstić information content (AvgIpc) is 2.85. The molecule has 1 aromatic rings. The van der Waals surface area contributed by atoms with Crippen LogP contribution < -0.4 is 5.32 Å². The van der Waals surface area contributed by atoms with Gasteiger partial charge < -0.3 is 10.1 Å². The fourth-order valence-electron chi connectivity index (χ4n) is 2.43. The Hall–Kier alpha value is -1.00. The highest BCUT2D eigenvalue weighted by Gasteiger charge is 2.29. The van der Waals surface area contributed by atoms with E-state index >= 15 is 0 Å². The summed E-state index contributed by atoms with van der Waals surface area (Å²) >= 11 is 0. The van der Waals surface area contributed by atoms with Gasteiger partial charge in [0.1, 0.15) is 11.6 Å². The van der Waals surface area contributed by atoms with Gasteiger partial charge in [-0.1, -0.05) is 6.92 Å². The van der Waals surface area contributed by atoms with Crippen molar-refractivity contribution >= 4 is 0 Å². The zero-order valence-corrected chi connectivity index (χ0v) is 10.8. The Morgan fingerprint density at radius 2 is 2.17 bits per heavy atom. The molecule has 18 heavy (non-hydrogen) atoms. The van der Waals surface area contributed by atoms with E-state index in [-0.39, 0.29) is 23.8 Å². The van der Waals surface area contributed by atoms with Crippen molar-refractivity contribution in [1.82, 2.24) is 5.32 Å². The SMILES string of the molecule is CCNC(c1cc(F)c(C)cc1F)C1CCCO1. The lowest BCUT2D eigenvalue weighted by Gasteiger charge is -2.25. The molecule has 1 saturated heterocycles. The zero-order valence-electron chi connectivity index (χ0n) is 10.8. The fraction of sp³-hybridized carbons (Fsp3) is 0.571. The second-order valence-electron chi connectivity index (χ2n) is 4.71. The summed E-state index contributed by atoms with van der Waals surface area (Å²) in [7, 11) is 0. The normalized spacial score (nSPS) is 21.2. The molecule has 2 rings (SSSR count). The number of hydrogen-bond acceptors (Lipinski definition) is 2. The van der Waals surface area contributed by atoms with E-state index in [1.54, 1.807) is 6.92 Å². The highest BCUT2D eigenvalue weighted by molar-refractivity contribution is 5.28. The summed E-state index contributed by atoms with van der Waals surface area (Å²) < 4.78 is 33.2. The molecule has 0 amide bonds. The molecule has 1 heterocycles. The third-order valence-electron chi connectivity index (χ3n) is 3.37. The minimum Gasteiger partial charge on any atom is -0.376 e. The Kier molecular flexibility index (Phi) is 4.30. The van der Waals surface area contributed by atoms with Crippen LogP contribution in [0.3, 0.4) is 0 Å². The number of hydrogen-bond donors (Lipinski definition) is 1. The predicted molar refractivity (Wildman–Crippen MR) is 66.5 cm³/mol. The van der Waals surface area contributed by atoms with E-state index < -0.39 is 0 Å². The van der Waals surface area contributed by atoms with Crippen LogP contribution in [0.1, 0.15) is 36.9 Å². The molecule has 0 aliphatic carbocycles. The zero-order chi connectivity index (χ0) is 13.1. The van der Waals surface area contributed by atoms with Gasteiger partial charge in [-0.3, -0.25) is 0 Å². The van der Waals surface area contributed by atoms with Crippen LogP contribution in [0.4, 0.5) is 8.78 Å². The molecule has 100 valence electrons. The highest BCUT2D eigenvalue weighted by Crippen LogP contribution is 2.29. The van der Waals surface area contributed by atoms with Crippen molar-refractivity contribution in [3.05, 3.63) is 34.9 Å². The highest BCUT2D eigenvalue weighted by atomic mass is 19.1. The molecule has 0 saturated carbocycles. The van der Waals surface area contributed by atoms with E-state index in [2.05, 4.69) is 5.32 Å². The van der Waals surface area contributed by atoms with Gasteiger partial charge in [0, 0.05) is 12.2 Å². The molecule has 1 aromatic carbocycles. The number of benzene rings is 1. The largest absolute Gasteiger partial charge is 0.376 e. The molecule has 1 fully saturated rings. The minimum absolute atomic E-state index is 0.0680. The summed E-state index contributed by atoms with van der Waals surface area (Å²) in [4.78, 5) is 0. The molecule has 1 aliphatic heterocycles. The number of halogens is 2. The van der Waals surface area contributed by atoms with Gasteiger partial charge in [0.05, 0.1) is 12.1 Å². The molecule has 2 nitrogen and oxygen atoms in total. The Morgan fingerprint density at radius 1 is 1.39 bits per heavy atom. The van der Waals surface area contributed by atoms with Gasteiger partial charge in [-0.2, -0.15) is 0 Å². The lowest BCUT2D eigenvalue weighted by Crippen LogP contribution is -2.32. The number of aryl methyl sites for hydroxylation is 1. The van der Waals surface area contributed by atoms with E-state index in [1.807, 2.05) is 6.92 Å². The quantitative estimate of drug-likeness (QED) is 0.892. The van der Waals surface area contributed by atoms with Crippen LogP contribution in [0.5, 0.6) is 0 Å². The summed E-state index contributed by atoms with van der Waals surface area (Å²) in [5, 5.41) is 3.20. The maximum Gasteiger partial charge on any atom is 0.128 e. The Morgan fingerprint density at radius 3 is 2.78 bits per heavy atom. The number of nitrogens with one attached hydrogen (secondary N) is 1. The Bertz CT molecular complexity index is 417. The smallest absolute Gasteiger partial charge is 0.128 e. The van der Waals surface area contributed by atoms with Gasteiger partial charge in [-0.25, -0.2) is 8.78 Å². The third kappa shape index (κ3) is 2.70. The lowest BCUT2D eigenvalue weighted by molar-refractivity contribution is 0.0775. The third-order valence-corrected chi connectivity index (χ3v) is 3.37. The number of ether oxygens (including phenoxy) is 1. The second kappa shape index (κ2) is 5.76. The van der Waals surface area contributed by atoms with Crippen LogP contribution in [0, 0.1) is 18.6 Å². The van der Waals surface area contributed by atoms with E-state index in [1.165, 1.54) is 12.1 Å². The first-order chi connectivity index (χ1) is 8.63. The van der Waals surface area contributed by atoms with Gasteiger partial charge in [-0.05, 0) is 44.0 Å². The molecule has 1 N–H and O–H groups in total. The molecular formula is C14H19F2NO. The topological polar surface area (TPSA) is 21.3 Å². The van der Waals surface area contributed by atoms with Gasteiger partial charge in [-0.15, -0.1) is 0 Å². The number of rotatable bonds is 4. The van der Waals surface area contributed by atoms with E-state index in [4.69, 9.17) is 4.74 Å². The van der Waals surface area contributed by atoms with Crippen molar-refractivity contribution in [3.8, 4) is 0 Å².